The molecule has 1 aliphatic rings. The number of hydrogen-bond donors (Lipinski definition) is 0. The van der Waals surface area contributed by atoms with Crippen LogP contribution in [-0.4, -0.2) is 39.4 Å². The van der Waals surface area contributed by atoms with Crippen LogP contribution in [0.15, 0.2) is 103 Å². The summed E-state index contributed by atoms with van der Waals surface area (Å²) >= 11 is 2.35. The summed E-state index contributed by atoms with van der Waals surface area (Å²) in [4.78, 5) is 26.6. The Morgan fingerprint density at radius 3 is 2.15 bits per heavy atom. The third-order valence-electron chi connectivity index (χ3n) is 7.32. The fraction of sp³-hybridized carbons (Fsp3) is 0.121. The molecule has 6 nitrogen and oxygen atoms in total. The molecule has 0 saturated heterocycles. The number of fused-ring (bicyclic) bond motifs is 2. The van der Waals surface area contributed by atoms with E-state index in [0.717, 1.165) is 28.5 Å². The fourth-order valence-corrected chi connectivity index (χ4v) is 6.90. The Morgan fingerprint density at radius 2 is 1.49 bits per heavy atom. The molecule has 1 aromatic heterocycles. The van der Waals surface area contributed by atoms with Crippen molar-refractivity contribution in [2.24, 2.45) is 0 Å². The number of nitrogens with zero attached hydrogens (tertiary/aromatic N) is 3. The van der Waals surface area contributed by atoms with E-state index in [1.165, 1.54) is 21.6 Å². The van der Waals surface area contributed by atoms with Crippen molar-refractivity contribution in [1.29, 1.82) is 0 Å². The van der Waals surface area contributed by atoms with Gasteiger partial charge >= 0.3 is 0 Å². The predicted molar refractivity (Wildman–Crippen MR) is 174 cm³/mol. The number of hydrogen-bond acceptors (Lipinski definition) is 4. The van der Waals surface area contributed by atoms with E-state index in [9.17, 15) is 9.59 Å². The Kier molecular flexibility index (Phi) is 7.99. The highest BCUT2D eigenvalue weighted by Crippen LogP contribution is 2.37. The molecular weight excluding hydrogens is 644 g/mol. The zero-order valence-corrected chi connectivity index (χ0v) is 25.5. The molecule has 0 fully saturated rings. The van der Waals surface area contributed by atoms with Crippen LogP contribution in [0.2, 0.25) is 0 Å². The van der Waals surface area contributed by atoms with Crippen LogP contribution in [0.3, 0.4) is 0 Å². The lowest BCUT2D eigenvalue weighted by Gasteiger charge is -2.18. The highest BCUT2D eigenvalue weighted by Gasteiger charge is 2.34. The number of allylic oxidation sites excluding steroid dienone is 1. The van der Waals surface area contributed by atoms with Crippen LogP contribution in [0.4, 0.5) is 0 Å². The molecule has 2 heterocycles. The highest BCUT2D eigenvalue weighted by atomic mass is 127. The van der Waals surface area contributed by atoms with Gasteiger partial charge in [-0.25, -0.2) is 4.45 Å². The van der Waals surface area contributed by atoms with Crippen molar-refractivity contribution >= 4 is 62.3 Å². The van der Waals surface area contributed by atoms with Gasteiger partial charge in [-0.2, -0.15) is 5.10 Å². The van der Waals surface area contributed by atoms with Gasteiger partial charge < -0.3 is 4.74 Å². The number of benzene rings is 4. The monoisotopic (exact) mass is 671 g/mol. The number of aromatic nitrogens is 2. The zero-order valence-electron chi connectivity index (χ0n) is 22.4. The number of ether oxygens (including phenoxy) is 1. The molecule has 1 atom stereocenters. The molecule has 2 amide bonds. The number of carbonyl (C=O) groups is 2. The summed E-state index contributed by atoms with van der Waals surface area (Å²) in [5, 5.41) is 5.66. The van der Waals surface area contributed by atoms with Crippen molar-refractivity contribution in [3.05, 3.63) is 131 Å². The lowest BCUT2D eigenvalue weighted by molar-refractivity contribution is 0.0631. The van der Waals surface area contributed by atoms with Gasteiger partial charge in [-0.3, -0.25) is 14.5 Å². The number of amides is 2. The number of halogens is 1. The van der Waals surface area contributed by atoms with E-state index in [0.29, 0.717) is 23.3 Å². The summed E-state index contributed by atoms with van der Waals surface area (Å²) in [5.74, 6) is 0.143. The van der Waals surface area contributed by atoms with Gasteiger partial charge in [0.2, 0.25) is 0 Å². The van der Waals surface area contributed by atoms with E-state index in [1.807, 2.05) is 28.8 Å². The molecule has 4 aromatic carbocycles. The highest BCUT2D eigenvalue weighted by molar-refractivity contribution is 14.2. The first-order valence-corrected chi connectivity index (χ1v) is 17.5. The summed E-state index contributed by atoms with van der Waals surface area (Å²) in [6.07, 6.45) is 3.34. The van der Waals surface area contributed by atoms with Gasteiger partial charge in [-0.1, -0.05) is 67.6 Å². The average Bonchev–Trinajstić information content (AvgIpc) is 3.54. The molecule has 0 aliphatic carbocycles. The van der Waals surface area contributed by atoms with Gasteiger partial charge in [0.05, 0.1) is 35.8 Å². The van der Waals surface area contributed by atoms with E-state index in [1.54, 1.807) is 24.3 Å². The molecule has 0 spiro atoms. The molecule has 6 rings (SSSR count). The Bertz CT molecular complexity index is 1750. The van der Waals surface area contributed by atoms with Crippen LogP contribution in [0.5, 0.6) is 5.75 Å². The standard InChI is InChI=1S/C33H27IN3O3P/c1-2-27(22-8-4-3-5-9-22)31(24-14-17-30-25(20-24)21-35-37(30)41-34)23-12-15-26(16-13-23)40-19-18-36-32(38)28-10-6-7-11-29(28)33(36)39/h3-17,20-21,41H,2,18-19H2,1H3/b31-27+. The summed E-state index contributed by atoms with van der Waals surface area (Å²) in [6, 6.07) is 32.0. The smallest absolute Gasteiger partial charge is 0.261 e. The van der Waals surface area contributed by atoms with Crippen LogP contribution in [0.1, 0.15) is 50.8 Å². The molecule has 41 heavy (non-hydrogen) atoms. The molecule has 0 radical (unpaired) electrons. The van der Waals surface area contributed by atoms with Crippen LogP contribution < -0.4 is 4.74 Å². The van der Waals surface area contributed by atoms with Crippen molar-refractivity contribution in [2.45, 2.75) is 13.3 Å². The third-order valence-corrected chi connectivity index (χ3v) is 9.21. The molecule has 0 saturated carbocycles. The van der Waals surface area contributed by atoms with Crippen LogP contribution in [0.25, 0.3) is 22.0 Å². The van der Waals surface area contributed by atoms with Gasteiger partial charge in [0.25, 0.3) is 11.8 Å². The third kappa shape index (κ3) is 5.32. The molecular formula is C33H27IN3O3P. The number of carbonyl (C=O) groups excluding carboxylic acids is 2. The minimum absolute atomic E-state index is 0.193. The van der Waals surface area contributed by atoms with Crippen LogP contribution >= 0.6 is 28.4 Å². The van der Waals surface area contributed by atoms with Gasteiger partial charge in [-0.15, -0.1) is 0 Å². The van der Waals surface area contributed by atoms with Crippen molar-refractivity contribution < 1.29 is 14.3 Å². The summed E-state index contributed by atoms with van der Waals surface area (Å²) in [7, 11) is 0. The fourth-order valence-electron chi connectivity index (χ4n) is 5.35. The molecule has 0 bridgehead atoms. The molecule has 204 valence electrons. The van der Waals surface area contributed by atoms with E-state index in [-0.39, 0.29) is 25.0 Å². The van der Waals surface area contributed by atoms with E-state index in [4.69, 9.17) is 4.74 Å². The Hall–Kier alpha value is -3.81. The molecule has 1 unspecified atom stereocenters. The van der Waals surface area contributed by atoms with Gasteiger partial charge in [0.15, 0.2) is 0 Å². The molecule has 8 heteroatoms. The van der Waals surface area contributed by atoms with Gasteiger partial charge in [0.1, 0.15) is 12.4 Å². The topological polar surface area (TPSA) is 64.4 Å². The van der Waals surface area contributed by atoms with Crippen molar-refractivity contribution in [1.82, 2.24) is 14.5 Å². The minimum atomic E-state index is -0.270. The second-order valence-electron chi connectivity index (χ2n) is 9.67. The van der Waals surface area contributed by atoms with E-state index < -0.39 is 0 Å². The van der Waals surface area contributed by atoms with Crippen LogP contribution in [-0.2, 0) is 0 Å². The number of rotatable bonds is 9. The minimum Gasteiger partial charge on any atom is -0.492 e. The molecule has 0 N–H and O–H groups in total. The van der Waals surface area contributed by atoms with Crippen LogP contribution in [0, 0.1) is 0 Å². The van der Waals surface area contributed by atoms with E-state index >= 15 is 0 Å². The normalized spacial score (nSPS) is 13.8. The van der Waals surface area contributed by atoms with Crippen molar-refractivity contribution in [3.8, 4) is 5.75 Å². The van der Waals surface area contributed by atoms with Crippen molar-refractivity contribution in [2.75, 3.05) is 13.2 Å². The lowest BCUT2D eigenvalue weighted by Crippen LogP contribution is -2.33. The maximum absolute atomic E-state index is 12.7. The average molecular weight is 671 g/mol. The van der Waals surface area contributed by atoms with E-state index in [2.05, 4.69) is 88.7 Å². The second-order valence-corrected chi connectivity index (χ2v) is 11.7. The van der Waals surface area contributed by atoms with Gasteiger partial charge in [0, 0.05) is 5.39 Å². The predicted octanol–water partition coefficient (Wildman–Crippen LogP) is 7.87. The first-order chi connectivity index (χ1) is 20.1. The maximum Gasteiger partial charge on any atom is 0.261 e. The zero-order chi connectivity index (χ0) is 28.3. The summed E-state index contributed by atoms with van der Waals surface area (Å²) in [6.45, 7) is 2.60. The Balaban J connectivity index is 1.27. The van der Waals surface area contributed by atoms with Gasteiger partial charge in [-0.05, 0) is 92.7 Å². The Morgan fingerprint density at radius 1 is 0.829 bits per heavy atom. The quantitative estimate of drug-likeness (QED) is 0.0693. The summed E-state index contributed by atoms with van der Waals surface area (Å²) in [5.41, 5.74) is 7.86. The second kappa shape index (κ2) is 12.0. The number of imide groups is 1. The first-order valence-electron chi connectivity index (χ1n) is 13.4. The molecule has 1 aliphatic heterocycles. The summed E-state index contributed by atoms with van der Waals surface area (Å²) < 4.78 is 8.00. The molecule has 5 aromatic rings. The Labute approximate surface area is 253 Å². The SMILES string of the molecule is CC/C(=C(/c1ccc(OCCN2C(=O)c3ccccc3C2=O)cc1)c1ccc2c(cnn2PI)c1)c1ccccc1. The largest absolute Gasteiger partial charge is 0.492 e. The van der Waals surface area contributed by atoms with Crippen molar-refractivity contribution in [3.63, 3.8) is 0 Å². The lowest BCUT2D eigenvalue weighted by atomic mass is 9.88. The first kappa shape index (κ1) is 27.4. The maximum atomic E-state index is 12.7.